The van der Waals surface area contributed by atoms with Gasteiger partial charge in [-0.25, -0.2) is 4.21 Å². The molecule has 2 aliphatic carbocycles. The molecule has 0 unspecified atom stereocenters. The molecule has 0 radical (unpaired) electrons. The largest absolute Gasteiger partial charge is 0.490 e. The van der Waals surface area contributed by atoms with Crippen molar-refractivity contribution in [2.24, 2.45) is 16.2 Å². The first kappa shape index (κ1) is 33.8. The van der Waals surface area contributed by atoms with Crippen LogP contribution in [0.25, 0.3) is 0 Å². The van der Waals surface area contributed by atoms with E-state index in [1.165, 1.54) is 17.3 Å². The van der Waals surface area contributed by atoms with Gasteiger partial charge in [-0.15, -0.1) is 4.36 Å². The van der Waals surface area contributed by atoms with Gasteiger partial charge < -0.3 is 14.4 Å². The van der Waals surface area contributed by atoms with Crippen molar-refractivity contribution in [2.75, 3.05) is 37.5 Å². The quantitative estimate of drug-likeness (QED) is 0.314. The van der Waals surface area contributed by atoms with Crippen LogP contribution in [0.1, 0.15) is 77.3 Å². The lowest BCUT2D eigenvalue weighted by Gasteiger charge is -2.46. The van der Waals surface area contributed by atoms with Crippen LogP contribution < -0.4 is 14.4 Å². The highest BCUT2D eigenvalue weighted by molar-refractivity contribution is 7.92. The Bertz CT molecular complexity index is 1900. The van der Waals surface area contributed by atoms with E-state index in [-0.39, 0.29) is 22.8 Å². The van der Waals surface area contributed by atoms with Crippen LogP contribution in [0.2, 0.25) is 5.02 Å². The Hall–Kier alpha value is -3.67. The summed E-state index contributed by atoms with van der Waals surface area (Å²) in [7, 11) is -1.71. The van der Waals surface area contributed by atoms with E-state index in [0.29, 0.717) is 49.1 Å². The first-order valence-electron chi connectivity index (χ1n) is 17.3. The van der Waals surface area contributed by atoms with E-state index in [1.54, 1.807) is 24.1 Å². The zero-order valence-electron chi connectivity index (χ0n) is 28.1. The number of nitrogens with one attached hydrogen (secondary N) is 1. The Kier molecular flexibility index (Phi) is 9.60. The molecule has 2 amide bonds. The summed E-state index contributed by atoms with van der Waals surface area (Å²) < 4.78 is 35.3. The van der Waals surface area contributed by atoms with Crippen molar-refractivity contribution < 1.29 is 23.3 Å². The molecule has 5 atom stereocenters. The number of carbonyl (C=O) groups is 2. The highest BCUT2D eigenvalue weighted by Gasteiger charge is 2.44. The summed E-state index contributed by atoms with van der Waals surface area (Å²) in [6, 6.07) is 11.6. The number of nitrogens with zero attached hydrogens (tertiary/aromatic N) is 4. The maximum atomic E-state index is 14.3. The average Bonchev–Trinajstić information content (AvgIpc) is 3.51. The second kappa shape index (κ2) is 13.9. The van der Waals surface area contributed by atoms with Gasteiger partial charge >= 0.3 is 0 Å². The van der Waals surface area contributed by atoms with E-state index in [4.69, 9.17) is 21.1 Å². The van der Waals surface area contributed by atoms with Gasteiger partial charge in [-0.05, 0) is 105 Å². The van der Waals surface area contributed by atoms with Crippen molar-refractivity contribution in [1.82, 2.24) is 14.5 Å². The normalized spacial score (nSPS) is 29.0. The number of anilines is 1. The lowest BCUT2D eigenvalue weighted by molar-refractivity contribution is 0.0132. The highest BCUT2D eigenvalue weighted by Crippen LogP contribution is 2.47. The number of amides is 2. The van der Waals surface area contributed by atoms with Crippen LogP contribution in [0, 0.1) is 11.8 Å². The molecule has 3 heterocycles. The predicted molar refractivity (Wildman–Crippen MR) is 191 cm³/mol. The molecule has 1 spiro atoms. The Balaban J connectivity index is 1.28. The van der Waals surface area contributed by atoms with Crippen molar-refractivity contribution in [3.8, 4) is 5.75 Å². The van der Waals surface area contributed by atoms with E-state index < -0.39 is 21.7 Å². The molecule has 260 valence electrons. The summed E-state index contributed by atoms with van der Waals surface area (Å²) >= 11 is 6.44. The molecule has 1 fully saturated rings. The Morgan fingerprint density at radius 3 is 2.86 bits per heavy atom. The Labute approximate surface area is 293 Å². The minimum atomic E-state index is -3.47. The molecule has 1 saturated carbocycles. The van der Waals surface area contributed by atoms with Gasteiger partial charge in [-0.1, -0.05) is 29.8 Å². The van der Waals surface area contributed by atoms with Crippen molar-refractivity contribution in [3.05, 3.63) is 88.2 Å². The van der Waals surface area contributed by atoms with Gasteiger partial charge in [0.2, 0.25) is 0 Å². The van der Waals surface area contributed by atoms with Crippen molar-refractivity contribution in [3.63, 3.8) is 0 Å². The summed E-state index contributed by atoms with van der Waals surface area (Å²) in [6.07, 6.45) is 13.4. The number of hydrogen-bond donors (Lipinski definition) is 1. The maximum Gasteiger partial charge on any atom is 0.286 e. The third-order valence-electron chi connectivity index (χ3n) is 10.7. The van der Waals surface area contributed by atoms with E-state index in [9.17, 15) is 13.8 Å². The number of halogens is 1. The van der Waals surface area contributed by atoms with Crippen LogP contribution in [-0.4, -0.2) is 64.5 Å². The summed E-state index contributed by atoms with van der Waals surface area (Å²) in [5.41, 5.74) is 3.67. The van der Waals surface area contributed by atoms with Crippen LogP contribution in [0.5, 0.6) is 5.75 Å². The lowest BCUT2D eigenvalue weighted by Crippen LogP contribution is -2.49. The van der Waals surface area contributed by atoms with Gasteiger partial charge in [0.25, 0.3) is 11.8 Å². The average molecular weight is 706 g/mol. The molecular weight excluding hydrogens is 662 g/mol. The summed E-state index contributed by atoms with van der Waals surface area (Å²) in [6.45, 7) is 4.51. The zero-order chi connectivity index (χ0) is 34.2. The number of allylic oxidation sites excluding steroid dienone is 1. The van der Waals surface area contributed by atoms with E-state index in [0.717, 1.165) is 55.9 Å². The molecule has 2 bridgehead atoms. The first-order chi connectivity index (χ1) is 23.7. The Morgan fingerprint density at radius 2 is 2.08 bits per heavy atom. The molecule has 10 nitrogen and oxygen atoms in total. The topological polar surface area (TPSA) is 115 Å². The molecule has 12 heteroatoms. The number of aromatic nitrogens is 2. The number of methoxy groups -OCH3 is 1. The Morgan fingerprint density at radius 1 is 1.20 bits per heavy atom. The molecule has 1 N–H and O–H groups in total. The smallest absolute Gasteiger partial charge is 0.286 e. The standard InChI is InChI=1S/C37H44ClN5O5S/c1-3-43-22-28(20-39-43)36(45)41-49(46)17-6-4-5-9-33(47-2)30-13-10-27(30)21-42-23-37(16-7-8-25-18-29(38)12-14-31(25)37)24-48-34-15-11-26(19-32(34)42)35(44)40-49/h5,9,11-12,14-15,18-20,22,27,30,33H,3-4,6-8,10,13,16-17,21,23-24H2,1-2H3,(H,40,41,44,45,46)/b9-5+/t27-,30+,33-,37-,49-/m0/s1. The fourth-order valence-electron chi connectivity index (χ4n) is 7.97. The van der Waals surface area contributed by atoms with Crippen LogP contribution in [-0.2, 0) is 33.0 Å². The molecule has 7 rings (SSSR count). The number of carbonyl (C=O) groups excluding carboxylic acids is 2. The van der Waals surface area contributed by atoms with Crippen LogP contribution in [0.4, 0.5) is 5.69 Å². The number of ether oxygens (including phenoxy) is 2. The number of hydrogen-bond acceptors (Lipinski definition) is 7. The van der Waals surface area contributed by atoms with Gasteiger partial charge in [-0.3, -0.25) is 19.0 Å². The predicted octanol–water partition coefficient (Wildman–Crippen LogP) is 6.37. The van der Waals surface area contributed by atoms with Gasteiger partial charge in [0.1, 0.15) is 15.7 Å². The maximum absolute atomic E-state index is 14.3. The fourth-order valence-corrected chi connectivity index (χ4v) is 9.74. The number of benzene rings is 2. The molecule has 0 saturated heterocycles. The van der Waals surface area contributed by atoms with E-state index >= 15 is 0 Å². The van der Waals surface area contributed by atoms with Crippen LogP contribution >= 0.6 is 11.6 Å². The summed E-state index contributed by atoms with van der Waals surface area (Å²) in [5.74, 6) is 0.250. The van der Waals surface area contributed by atoms with Crippen molar-refractivity contribution >= 4 is 39.0 Å². The third kappa shape index (κ3) is 6.90. The first-order valence-corrected chi connectivity index (χ1v) is 19.4. The number of aryl methyl sites for hydroxylation is 2. The number of rotatable bonds is 4. The minimum absolute atomic E-state index is 0.0204. The monoisotopic (exact) mass is 705 g/mol. The fraction of sp³-hybridized carbons (Fsp3) is 0.486. The molecule has 1 aromatic heterocycles. The van der Waals surface area contributed by atoms with Gasteiger partial charge in [0.15, 0.2) is 0 Å². The molecule has 2 aromatic carbocycles. The van der Waals surface area contributed by atoms with Gasteiger partial charge in [0.05, 0.1) is 35.9 Å². The minimum Gasteiger partial charge on any atom is -0.490 e. The van der Waals surface area contributed by atoms with E-state index in [2.05, 4.69) is 43.4 Å². The second-order valence-corrected chi connectivity index (χ2v) is 16.3. The van der Waals surface area contributed by atoms with Crippen molar-refractivity contribution in [1.29, 1.82) is 0 Å². The van der Waals surface area contributed by atoms with Gasteiger partial charge in [-0.2, -0.15) is 5.10 Å². The lowest BCUT2D eigenvalue weighted by atomic mass is 9.68. The molecule has 49 heavy (non-hydrogen) atoms. The SMILES string of the molecule is CCn1cc(C(=O)N[S@@]2(=O)=NC(=O)c3ccc4c(c3)N(C[C@@H]3CC[C@H]3[C@@H](OC)/C=C/CCC2)C[C@@]2(CCCc3cc(Cl)ccc32)CO4)cn1. The molecule has 2 aliphatic heterocycles. The highest BCUT2D eigenvalue weighted by atomic mass is 35.5. The third-order valence-corrected chi connectivity index (χ3v) is 12.8. The van der Waals surface area contributed by atoms with E-state index in [1.807, 2.05) is 25.1 Å². The number of fused-ring (bicyclic) bond motifs is 4. The second-order valence-electron chi connectivity index (χ2n) is 13.8. The summed E-state index contributed by atoms with van der Waals surface area (Å²) in [5, 5.41) is 4.90. The zero-order valence-corrected chi connectivity index (χ0v) is 29.7. The van der Waals surface area contributed by atoms with Crippen LogP contribution in [0.3, 0.4) is 0 Å². The molecule has 4 aliphatic rings. The van der Waals surface area contributed by atoms with Gasteiger partial charge in [0, 0.05) is 48.9 Å². The van der Waals surface area contributed by atoms with Crippen molar-refractivity contribution in [2.45, 2.75) is 69.9 Å². The van der Waals surface area contributed by atoms with Crippen LogP contribution in [0.15, 0.2) is 65.3 Å². The molecular formula is C37H44ClN5O5S. The molecule has 3 aromatic rings. The summed E-state index contributed by atoms with van der Waals surface area (Å²) in [4.78, 5) is 29.4.